The monoisotopic (exact) mass is 246 g/mol. The standard InChI is InChI=1S/C14H18N2O2/c1-4-17-12-7-10-6-9(3)14(15)16-11(10)8-13(12)18-5-2/h6-8H,4-5H2,1-3H3,(H2,15,16). The van der Waals surface area contributed by atoms with Gasteiger partial charge in [0.05, 0.1) is 18.7 Å². The van der Waals surface area contributed by atoms with Gasteiger partial charge in [0.15, 0.2) is 11.5 Å². The Balaban J connectivity index is 2.60. The number of nitrogens with zero attached hydrogens (tertiary/aromatic N) is 1. The zero-order valence-corrected chi connectivity index (χ0v) is 11.0. The Hall–Kier alpha value is -1.97. The SMILES string of the molecule is CCOc1cc2cc(C)c(N)nc2cc1OCC. The fourth-order valence-corrected chi connectivity index (χ4v) is 1.84. The molecular weight excluding hydrogens is 228 g/mol. The minimum absolute atomic E-state index is 0.550. The van der Waals surface area contributed by atoms with Gasteiger partial charge >= 0.3 is 0 Å². The van der Waals surface area contributed by atoms with Gasteiger partial charge in [0.1, 0.15) is 5.82 Å². The number of nitrogen functional groups attached to an aromatic ring is 1. The highest BCUT2D eigenvalue weighted by molar-refractivity contribution is 5.85. The fourth-order valence-electron chi connectivity index (χ4n) is 1.84. The molecule has 0 saturated heterocycles. The molecule has 0 bridgehead atoms. The molecule has 0 aliphatic rings. The molecule has 0 fully saturated rings. The Morgan fingerprint density at radius 1 is 1.06 bits per heavy atom. The van der Waals surface area contributed by atoms with E-state index in [2.05, 4.69) is 4.98 Å². The molecule has 1 aromatic carbocycles. The van der Waals surface area contributed by atoms with E-state index in [4.69, 9.17) is 15.2 Å². The number of hydrogen-bond acceptors (Lipinski definition) is 4. The predicted octanol–water partition coefficient (Wildman–Crippen LogP) is 2.92. The van der Waals surface area contributed by atoms with Gasteiger partial charge in [0.2, 0.25) is 0 Å². The summed E-state index contributed by atoms with van der Waals surface area (Å²) in [7, 11) is 0. The van der Waals surface area contributed by atoms with Crippen LogP contribution in [-0.4, -0.2) is 18.2 Å². The quantitative estimate of drug-likeness (QED) is 0.901. The van der Waals surface area contributed by atoms with Crippen molar-refractivity contribution in [2.24, 2.45) is 0 Å². The molecular formula is C14H18N2O2. The second-order valence-electron chi connectivity index (χ2n) is 4.05. The summed E-state index contributed by atoms with van der Waals surface area (Å²) in [5, 5.41) is 1.01. The molecule has 0 aliphatic carbocycles. The van der Waals surface area contributed by atoms with Crippen molar-refractivity contribution in [1.82, 2.24) is 4.98 Å². The van der Waals surface area contributed by atoms with Gasteiger partial charge in [-0.1, -0.05) is 0 Å². The summed E-state index contributed by atoms with van der Waals surface area (Å²) in [6.07, 6.45) is 0. The lowest BCUT2D eigenvalue weighted by atomic mass is 10.1. The van der Waals surface area contributed by atoms with Gasteiger partial charge in [-0.2, -0.15) is 0 Å². The summed E-state index contributed by atoms with van der Waals surface area (Å²) in [5.74, 6) is 2.01. The number of anilines is 1. The summed E-state index contributed by atoms with van der Waals surface area (Å²) in [4.78, 5) is 4.36. The van der Waals surface area contributed by atoms with Crippen molar-refractivity contribution in [1.29, 1.82) is 0 Å². The normalized spacial score (nSPS) is 10.6. The molecule has 0 unspecified atom stereocenters. The van der Waals surface area contributed by atoms with Crippen LogP contribution in [0.2, 0.25) is 0 Å². The second-order valence-corrected chi connectivity index (χ2v) is 4.05. The number of aromatic nitrogens is 1. The number of nitrogens with two attached hydrogens (primary N) is 1. The van der Waals surface area contributed by atoms with Crippen LogP contribution in [0, 0.1) is 6.92 Å². The lowest BCUT2D eigenvalue weighted by Crippen LogP contribution is -2.00. The molecule has 0 atom stereocenters. The smallest absolute Gasteiger partial charge is 0.163 e. The van der Waals surface area contributed by atoms with Crippen LogP contribution < -0.4 is 15.2 Å². The summed E-state index contributed by atoms with van der Waals surface area (Å²) in [6, 6.07) is 5.83. The topological polar surface area (TPSA) is 57.4 Å². The van der Waals surface area contributed by atoms with E-state index in [-0.39, 0.29) is 0 Å². The van der Waals surface area contributed by atoms with Crippen molar-refractivity contribution in [3.8, 4) is 11.5 Å². The third-order valence-corrected chi connectivity index (χ3v) is 2.71. The van der Waals surface area contributed by atoms with E-state index in [0.29, 0.717) is 24.8 Å². The first-order chi connectivity index (χ1) is 8.65. The first-order valence-electron chi connectivity index (χ1n) is 6.12. The number of ether oxygens (including phenoxy) is 2. The highest BCUT2D eigenvalue weighted by Crippen LogP contribution is 2.33. The van der Waals surface area contributed by atoms with E-state index in [1.807, 2.05) is 39.0 Å². The van der Waals surface area contributed by atoms with Crippen LogP contribution in [0.4, 0.5) is 5.82 Å². The van der Waals surface area contributed by atoms with E-state index >= 15 is 0 Å². The molecule has 2 rings (SSSR count). The van der Waals surface area contributed by atoms with E-state index < -0.39 is 0 Å². The maximum absolute atomic E-state index is 5.82. The number of aryl methyl sites for hydroxylation is 1. The predicted molar refractivity (Wildman–Crippen MR) is 73.2 cm³/mol. The molecule has 0 saturated carbocycles. The van der Waals surface area contributed by atoms with Crippen LogP contribution in [0.1, 0.15) is 19.4 Å². The van der Waals surface area contributed by atoms with Crippen LogP contribution >= 0.6 is 0 Å². The van der Waals surface area contributed by atoms with Gasteiger partial charge in [-0.05, 0) is 38.5 Å². The number of rotatable bonds is 4. The molecule has 1 aromatic heterocycles. The van der Waals surface area contributed by atoms with Gasteiger partial charge < -0.3 is 15.2 Å². The van der Waals surface area contributed by atoms with Crippen LogP contribution in [-0.2, 0) is 0 Å². The number of hydrogen-bond donors (Lipinski definition) is 1. The van der Waals surface area contributed by atoms with Crippen molar-refractivity contribution < 1.29 is 9.47 Å². The zero-order chi connectivity index (χ0) is 13.1. The molecule has 0 amide bonds. The van der Waals surface area contributed by atoms with Crippen LogP contribution in [0.3, 0.4) is 0 Å². The molecule has 2 N–H and O–H groups in total. The van der Waals surface area contributed by atoms with Crippen molar-refractivity contribution in [3.63, 3.8) is 0 Å². The van der Waals surface area contributed by atoms with Crippen molar-refractivity contribution in [2.75, 3.05) is 18.9 Å². The lowest BCUT2D eigenvalue weighted by molar-refractivity contribution is 0.288. The molecule has 18 heavy (non-hydrogen) atoms. The largest absolute Gasteiger partial charge is 0.490 e. The van der Waals surface area contributed by atoms with E-state index in [9.17, 15) is 0 Å². The Morgan fingerprint density at radius 3 is 2.28 bits per heavy atom. The van der Waals surface area contributed by atoms with Gasteiger partial charge in [0.25, 0.3) is 0 Å². The number of pyridine rings is 1. The minimum atomic E-state index is 0.550. The average molecular weight is 246 g/mol. The van der Waals surface area contributed by atoms with Gasteiger partial charge in [-0.15, -0.1) is 0 Å². The molecule has 4 nitrogen and oxygen atoms in total. The van der Waals surface area contributed by atoms with Crippen LogP contribution in [0.15, 0.2) is 18.2 Å². The molecule has 96 valence electrons. The van der Waals surface area contributed by atoms with Gasteiger partial charge in [-0.3, -0.25) is 0 Å². The van der Waals surface area contributed by atoms with Crippen molar-refractivity contribution >= 4 is 16.7 Å². The van der Waals surface area contributed by atoms with Crippen LogP contribution in [0.5, 0.6) is 11.5 Å². The zero-order valence-electron chi connectivity index (χ0n) is 11.0. The molecule has 4 heteroatoms. The van der Waals surface area contributed by atoms with Crippen LogP contribution in [0.25, 0.3) is 10.9 Å². The second kappa shape index (κ2) is 5.12. The Labute approximate surface area is 107 Å². The molecule has 0 radical (unpaired) electrons. The Kier molecular flexibility index (Phi) is 3.55. The van der Waals surface area contributed by atoms with Crippen molar-refractivity contribution in [2.45, 2.75) is 20.8 Å². The number of fused-ring (bicyclic) bond motifs is 1. The third kappa shape index (κ3) is 2.32. The summed E-state index contributed by atoms with van der Waals surface area (Å²) in [6.45, 7) is 7.03. The summed E-state index contributed by atoms with van der Waals surface area (Å²) in [5.41, 5.74) is 7.61. The first-order valence-corrected chi connectivity index (χ1v) is 6.12. The van der Waals surface area contributed by atoms with E-state index in [1.165, 1.54) is 0 Å². The molecule has 1 heterocycles. The van der Waals surface area contributed by atoms with Crippen molar-refractivity contribution in [3.05, 3.63) is 23.8 Å². The number of benzene rings is 1. The first kappa shape index (κ1) is 12.5. The molecule has 0 spiro atoms. The highest BCUT2D eigenvalue weighted by atomic mass is 16.5. The van der Waals surface area contributed by atoms with E-state index in [0.717, 1.165) is 22.2 Å². The Bertz CT molecular complexity index is 517. The maximum atomic E-state index is 5.82. The maximum Gasteiger partial charge on any atom is 0.163 e. The Morgan fingerprint density at radius 2 is 1.67 bits per heavy atom. The minimum Gasteiger partial charge on any atom is -0.490 e. The van der Waals surface area contributed by atoms with E-state index in [1.54, 1.807) is 0 Å². The summed E-state index contributed by atoms with van der Waals surface area (Å²) >= 11 is 0. The molecule has 0 aliphatic heterocycles. The lowest BCUT2D eigenvalue weighted by Gasteiger charge is -2.12. The molecule has 2 aromatic rings. The third-order valence-electron chi connectivity index (χ3n) is 2.71. The van der Waals surface area contributed by atoms with Gasteiger partial charge in [-0.25, -0.2) is 4.98 Å². The average Bonchev–Trinajstić information content (AvgIpc) is 2.33. The van der Waals surface area contributed by atoms with Gasteiger partial charge in [0, 0.05) is 11.5 Å². The fraction of sp³-hybridized carbons (Fsp3) is 0.357. The highest BCUT2D eigenvalue weighted by Gasteiger charge is 2.09. The summed E-state index contributed by atoms with van der Waals surface area (Å²) < 4.78 is 11.1.